The third-order valence-electron chi connectivity index (χ3n) is 4.74. The maximum absolute atomic E-state index is 12.0. The van der Waals surface area contributed by atoms with Crippen molar-refractivity contribution in [1.82, 2.24) is 30.6 Å². The Morgan fingerprint density at radius 2 is 1.75 bits per heavy atom. The average molecular weight is 428 g/mol. The number of amides is 2. The molecule has 0 aliphatic carbocycles. The molecule has 0 fully saturated rings. The van der Waals surface area contributed by atoms with Crippen molar-refractivity contribution in [2.24, 2.45) is 0 Å². The summed E-state index contributed by atoms with van der Waals surface area (Å²) in [6, 6.07) is 21.6. The minimum absolute atomic E-state index is 0.274. The quantitative estimate of drug-likeness (QED) is 0.426. The maximum atomic E-state index is 12.0. The minimum atomic E-state index is -0.274. The molecule has 8 nitrogen and oxygen atoms in total. The topological polar surface area (TPSA) is 94.0 Å². The SMILES string of the molecule is O=C(NCc1cccnc1)NCc1cn(CCOc2ccccc2-c2ccccc2)nn1. The van der Waals surface area contributed by atoms with Crippen LogP contribution in [0, 0.1) is 0 Å². The summed E-state index contributed by atoms with van der Waals surface area (Å²) in [4.78, 5) is 16.0. The molecule has 4 rings (SSSR count). The molecule has 0 atom stereocenters. The number of hydrogen-bond donors (Lipinski definition) is 2. The standard InChI is InChI=1S/C24H24N6O2/c31-24(26-16-19-7-6-12-25-15-19)27-17-21-18-30(29-28-21)13-14-32-23-11-5-4-10-22(23)20-8-2-1-3-9-20/h1-12,15,18H,13-14,16-17H2,(H2,26,27,31). The molecule has 0 saturated carbocycles. The van der Waals surface area contributed by atoms with Crippen LogP contribution in [0.2, 0.25) is 0 Å². The molecule has 32 heavy (non-hydrogen) atoms. The van der Waals surface area contributed by atoms with Crippen molar-refractivity contribution in [2.75, 3.05) is 6.61 Å². The molecule has 2 heterocycles. The van der Waals surface area contributed by atoms with E-state index in [1.807, 2.05) is 54.6 Å². The second-order valence-corrected chi connectivity index (χ2v) is 7.08. The van der Waals surface area contributed by atoms with Gasteiger partial charge in [0.25, 0.3) is 0 Å². The van der Waals surface area contributed by atoms with Crippen LogP contribution in [0.25, 0.3) is 11.1 Å². The van der Waals surface area contributed by atoms with Crippen LogP contribution in [0.1, 0.15) is 11.3 Å². The second kappa shape index (κ2) is 10.7. The monoisotopic (exact) mass is 428 g/mol. The van der Waals surface area contributed by atoms with Gasteiger partial charge in [0.15, 0.2) is 0 Å². The highest BCUT2D eigenvalue weighted by Crippen LogP contribution is 2.29. The molecule has 0 aliphatic rings. The Morgan fingerprint density at radius 1 is 0.938 bits per heavy atom. The van der Waals surface area contributed by atoms with Gasteiger partial charge in [-0.05, 0) is 23.3 Å². The largest absolute Gasteiger partial charge is 0.491 e. The first-order valence-electron chi connectivity index (χ1n) is 10.3. The summed E-state index contributed by atoms with van der Waals surface area (Å²) in [6.45, 7) is 1.69. The lowest BCUT2D eigenvalue weighted by molar-refractivity contribution is 0.240. The summed E-state index contributed by atoms with van der Waals surface area (Å²) < 4.78 is 7.71. The van der Waals surface area contributed by atoms with Gasteiger partial charge in [-0.2, -0.15) is 0 Å². The number of nitrogens with one attached hydrogen (secondary N) is 2. The molecule has 0 unspecified atom stereocenters. The Morgan fingerprint density at radius 3 is 2.59 bits per heavy atom. The smallest absolute Gasteiger partial charge is 0.315 e. The van der Waals surface area contributed by atoms with Gasteiger partial charge in [-0.25, -0.2) is 9.48 Å². The van der Waals surface area contributed by atoms with Crippen LogP contribution < -0.4 is 15.4 Å². The molecule has 8 heteroatoms. The molecule has 0 spiro atoms. The van der Waals surface area contributed by atoms with Crippen LogP contribution in [0.3, 0.4) is 0 Å². The van der Waals surface area contributed by atoms with Gasteiger partial charge in [0.1, 0.15) is 18.1 Å². The van der Waals surface area contributed by atoms with E-state index in [9.17, 15) is 4.79 Å². The zero-order valence-corrected chi connectivity index (χ0v) is 17.5. The zero-order valence-electron chi connectivity index (χ0n) is 17.5. The Balaban J connectivity index is 1.23. The Hall–Kier alpha value is -4.20. The average Bonchev–Trinajstić information content (AvgIpc) is 3.31. The van der Waals surface area contributed by atoms with Crippen LogP contribution in [0.5, 0.6) is 5.75 Å². The lowest BCUT2D eigenvalue weighted by atomic mass is 10.1. The highest BCUT2D eigenvalue weighted by Gasteiger charge is 2.07. The molecular formula is C24H24N6O2. The zero-order chi connectivity index (χ0) is 22.0. The Kier molecular flexibility index (Phi) is 7.05. The third kappa shape index (κ3) is 5.91. The number of carbonyl (C=O) groups is 1. The summed E-state index contributed by atoms with van der Waals surface area (Å²) >= 11 is 0. The molecule has 0 radical (unpaired) electrons. The Labute approximate surface area is 186 Å². The van der Waals surface area contributed by atoms with Gasteiger partial charge in [0.05, 0.1) is 19.3 Å². The fourth-order valence-electron chi connectivity index (χ4n) is 3.15. The van der Waals surface area contributed by atoms with E-state index in [4.69, 9.17) is 4.74 Å². The van der Waals surface area contributed by atoms with Crippen LogP contribution in [0.4, 0.5) is 4.79 Å². The first-order chi connectivity index (χ1) is 15.8. The van der Waals surface area contributed by atoms with E-state index in [1.54, 1.807) is 23.3 Å². The molecule has 2 aromatic heterocycles. The van der Waals surface area contributed by atoms with Crippen LogP contribution in [-0.2, 0) is 19.6 Å². The van der Waals surface area contributed by atoms with Crippen molar-refractivity contribution < 1.29 is 9.53 Å². The molecule has 0 bridgehead atoms. The molecule has 0 saturated heterocycles. The number of carbonyl (C=O) groups excluding carboxylic acids is 1. The van der Waals surface area contributed by atoms with Crippen molar-refractivity contribution in [3.05, 3.63) is 96.6 Å². The summed E-state index contributed by atoms with van der Waals surface area (Å²) in [5.74, 6) is 0.825. The van der Waals surface area contributed by atoms with E-state index < -0.39 is 0 Å². The summed E-state index contributed by atoms with van der Waals surface area (Å²) in [5.41, 5.74) is 3.77. The van der Waals surface area contributed by atoms with E-state index in [2.05, 4.69) is 38.1 Å². The molecule has 4 aromatic rings. The van der Waals surface area contributed by atoms with Crippen LogP contribution in [-0.4, -0.2) is 32.6 Å². The maximum Gasteiger partial charge on any atom is 0.315 e. The van der Waals surface area contributed by atoms with E-state index in [-0.39, 0.29) is 12.6 Å². The number of urea groups is 1. The van der Waals surface area contributed by atoms with E-state index in [1.165, 1.54) is 0 Å². The summed E-state index contributed by atoms with van der Waals surface area (Å²) in [5, 5.41) is 13.8. The Bertz CT molecular complexity index is 1130. The van der Waals surface area contributed by atoms with E-state index >= 15 is 0 Å². The molecule has 162 valence electrons. The van der Waals surface area contributed by atoms with E-state index in [0.717, 1.165) is 22.4 Å². The number of benzene rings is 2. The predicted octanol–water partition coefficient (Wildman–Crippen LogP) is 3.42. The number of para-hydroxylation sites is 1. The van der Waals surface area contributed by atoms with Crippen molar-refractivity contribution in [3.63, 3.8) is 0 Å². The number of pyridine rings is 1. The summed E-state index contributed by atoms with van der Waals surface area (Å²) in [7, 11) is 0. The van der Waals surface area contributed by atoms with E-state index in [0.29, 0.717) is 25.4 Å². The molecule has 2 aromatic carbocycles. The van der Waals surface area contributed by atoms with Gasteiger partial charge in [0.2, 0.25) is 0 Å². The summed E-state index contributed by atoms with van der Waals surface area (Å²) in [6.07, 6.45) is 5.21. The lowest BCUT2D eigenvalue weighted by Crippen LogP contribution is -2.34. The minimum Gasteiger partial charge on any atom is -0.491 e. The van der Waals surface area contributed by atoms with Gasteiger partial charge < -0.3 is 15.4 Å². The first-order valence-corrected chi connectivity index (χ1v) is 10.3. The highest BCUT2D eigenvalue weighted by atomic mass is 16.5. The van der Waals surface area contributed by atoms with Gasteiger partial charge in [-0.15, -0.1) is 5.10 Å². The van der Waals surface area contributed by atoms with Crippen molar-refractivity contribution in [1.29, 1.82) is 0 Å². The predicted molar refractivity (Wildman–Crippen MR) is 121 cm³/mol. The van der Waals surface area contributed by atoms with Crippen molar-refractivity contribution >= 4 is 6.03 Å². The van der Waals surface area contributed by atoms with Gasteiger partial charge in [-0.3, -0.25) is 4.98 Å². The number of ether oxygens (including phenoxy) is 1. The molecule has 0 aliphatic heterocycles. The van der Waals surface area contributed by atoms with Gasteiger partial charge >= 0.3 is 6.03 Å². The fraction of sp³-hybridized carbons (Fsp3) is 0.167. The van der Waals surface area contributed by atoms with Gasteiger partial charge in [-0.1, -0.05) is 59.8 Å². The fourth-order valence-corrected chi connectivity index (χ4v) is 3.15. The number of nitrogens with zero attached hydrogens (tertiary/aromatic N) is 4. The lowest BCUT2D eigenvalue weighted by Gasteiger charge is -2.11. The van der Waals surface area contributed by atoms with Gasteiger partial charge in [0, 0.05) is 24.5 Å². The number of hydrogen-bond acceptors (Lipinski definition) is 5. The number of aromatic nitrogens is 4. The molecule has 2 N–H and O–H groups in total. The molecule has 2 amide bonds. The second-order valence-electron chi connectivity index (χ2n) is 7.08. The van der Waals surface area contributed by atoms with Crippen molar-refractivity contribution in [2.45, 2.75) is 19.6 Å². The van der Waals surface area contributed by atoms with Crippen LogP contribution >= 0.6 is 0 Å². The molecular weight excluding hydrogens is 404 g/mol. The van der Waals surface area contributed by atoms with Crippen molar-refractivity contribution in [3.8, 4) is 16.9 Å². The number of rotatable bonds is 9. The van der Waals surface area contributed by atoms with Crippen LogP contribution in [0.15, 0.2) is 85.3 Å². The normalized spacial score (nSPS) is 10.5. The highest BCUT2D eigenvalue weighted by molar-refractivity contribution is 5.73. The third-order valence-corrected chi connectivity index (χ3v) is 4.74. The first kappa shape index (κ1) is 21.0.